The molecule has 0 radical (unpaired) electrons. The number of fused-ring (bicyclic) bond motifs is 1. The van der Waals surface area contributed by atoms with Gasteiger partial charge in [0.25, 0.3) is 5.91 Å². The van der Waals surface area contributed by atoms with Crippen molar-refractivity contribution in [2.45, 2.75) is 32.5 Å². The van der Waals surface area contributed by atoms with Gasteiger partial charge in [-0.2, -0.15) is 13.2 Å². The standard InChI is InChI=1S/C28H26F4N6O3/c1-3-13-40-17-9-10-18(19(14-17)28(30,31)32)21-15-24(41-36-21)25(27(39)33-4-2)37-16-34-26-23(37)11-12-38(35-26)22-8-6-5-7-20(22)29/h5-12,14-16,25,35H,3-4,13H2,1-2H3,(H,33,39). The predicted molar refractivity (Wildman–Crippen MR) is 143 cm³/mol. The van der Waals surface area contributed by atoms with Crippen molar-refractivity contribution in [1.82, 2.24) is 20.0 Å². The highest BCUT2D eigenvalue weighted by molar-refractivity contribution is 5.84. The van der Waals surface area contributed by atoms with E-state index in [1.165, 1.54) is 40.2 Å². The van der Waals surface area contributed by atoms with Crippen LogP contribution in [-0.2, 0) is 11.0 Å². The van der Waals surface area contributed by atoms with Crippen molar-refractivity contribution >= 4 is 23.5 Å². The molecular weight excluding hydrogens is 544 g/mol. The molecule has 0 saturated heterocycles. The first-order chi connectivity index (χ1) is 19.7. The summed E-state index contributed by atoms with van der Waals surface area (Å²) in [6.07, 6.45) is 0.530. The molecule has 3 heterocycles. The Morgan fingerprint density at radius 1 is 1.17 bits per heavy atom. The highest BCUT2D eigenvalue weighted by Gasteiger charge is 2.36. The second-order valence-corrected chi connectivity index (χ2v) is 9.10. The molecule has 2 N–H and O–H groups in total. The van der Waals surface area contributed by atoms with Gasteiger partial charge in [0, 0.05) is 24.4 Å². The van der Waals surface area contributed by atoms with Crippen LogP contribution in [0.5, 0.6) is 5.75 Å². The Morgan fingerprint density at radius 3 is 2.71 bits per heavy atom. The van der Waals surface area contributed by atoms with Crippen LogP contribution in [0.25, 0.3) is 17.3 Å². The number of alkyl halides is 3. The van der Waals surface area contributed by atoms with Crippen LogP contribution < -0.4 is 20.5 Å². The molecule has 5 rings (SSSR count). The Balaban J connectivity index is 1.51. The first kappa shape index (κ1) is 27.7. The van der Waals surface area contributed by atoms with Gasteiger partial charge in [0.1, 0.15) is 17.3 Å². The quantitative estimate of drug-likeness (QED) is 0.237. The molecule has 0 aliphatic carbocycles. The number of halogens is 4. The number of imidazole rings is 1. The minimum atomic E-state index is -4.69. The SMILES string of the molecule is CCCOc1ccc(-c2cc(C(C(=O)NCC)n3cnc4c3C=CN(c3ccccc3F)N4)on2)c(C(F)(F)F)c1. The third-order valence-electron chi connectivity index (χ3n) is 6.27. The van der Waals surface area contributed by atoms with Crippen LogP contribution in [-0.4, -0.2) is 33.8 Å². The predicted octanol–water partition coefficient (Wildman–Crippen LogP) is 6.03. The summed E-state index contributed by atoms with van der Waals surface area (Å²) in [7, 11) is 0. The number of rotatable bonds is 9. The largest absolute Gasteiger partial charge is 0.494 e. The normalized spacial score (nSPS) is 13.5. The number of anilines is 2. The van der Waals surface area contributed by atoms with Crippen LogP contribution in [0.2, 0.25) is 0 Å². The molecule has 1 aliphatic heterocycles. The van der Waals surface area contributed by atoms with Gasteiger partial charge >= 0.3 is 6.18 Å². The Morgan fingerprint density at radius 2 is 1.98 bits per heavy atom. The van der Waals surface area contributed by atoms with Crippen molar-refractivity contribution in [3.8, 4) is 17.0 Å². The third-order valence-corrected chi connectivity index (χ3v) is 6.27. The summed E-state index contributed by atoms with van der Waals surface area (Å²) in [5, 5.41) is 8.04. The van der Waals surface area contributed by atoms with E-state index in [9.17, 15) is 22.4 Å². The number of carbonyl (C=O) groups is 1. The van der Waals surface area contributed by atoms with Crippen LogP contribution in [0, 0.1) is 5.82 Å². The van der Waals surface area contributed by atoms with E-state index in [0.29, 0.717) is 24.5 Å². The zero-order chi connectivity index (χ0) is 29.1. The van der Waals surface area contributed by atoms with Crippen LogP contribution in [0.15, 0.2) is 65.6 Å². The maximum absolute atomic E-state index is 14.3. The Bertz CT molecular complexity index is 1580. The highest BCUT2D eigenvalue weighted by Crippen LogP contribution is 2.40. The number of ether oxygens (including phenoxy) is 1. The molecule has 214 valence electrons. The van der Waals surface area contributed by atoms with Crippen LogP contribution in [0.4, 0.5) is 29.1 Å². The van der Waals surface area contributed by atoms with Gasteiger partial charge in [-0.3, -0.25) is 15.2 Å². The smallest absolute Gasteiger partial charge is 0.417 e. The number of likely N-dealkylation sites (N-methyl/N-ethyl adjacent to an activating group) is 1. The van der Waals surface area contributed by atoms with E-state index in [0.717, 1.165) is 6.07 Å². The second-order valence-electron chi connectivity index (χ2n) is 9.10. The maximum atomic E-state index is 14.3. The van der Waals surface area contributed by atoms with Gasteiger partial charge in [0.2, 0.25) is 0 Å². The van der Waals surface area contributed by atoms with Gasteiger partial charge < -0.3 is 19.1 Å². The second kappa shape index (κ2) is 11.4. The monoisotopic (exact) mass is 570 g/mol. The average molecular weight is 571 g/mol. The van der Waals surface area contributed by atoms with Gasteiger partial charge in [-0.15, -0.1) is 0 Å². The zero-order valence-electron chi connectivity index (χ0n) is 22.1. The summed E-state index contributed by atoms with van der Waals surface area (Å²) in [6, 6.07) is 9.92. The molecule has 13 heteroatoms. The number of para-hydroxylation sites is 1. The molecule has 1 atom stereocenters. The molecule has 0 bridgehead atoms. The molecule has 4 aromatic rings. The van der Waals surface area contributed by atoms with Crippen molar-refractivity contribution in [3.05, 3.63) is 83.9 Å². The Kier molecular flexibility index (Phi) is 7.68. The fourth-order valence-electron chi connectivity index (χ4n) is 4.41. The van der Waals surface area contributed by atoms with E-state index >= 15 is 0 Å². The molecule has 0 spiro atoms. The zero-order valence-corrected chi connectivity index (χ0v) is 22.1. The highest BCUT2D eigenvalue weighted by atomic mass is 19.4. The third kappa shape index (κ3) is 5.60. The molecule has 0 saturated carbocycles. The number of hydrogen-bond donors (Lipinski definition) is 2. The van der Waals surface area contributed by atoms with E-state index in [2.05, 4.69) is 20.9 Å². The fourth-order valence-corrected chi connectivity index (χ4v) is 4.41. The van der Waals surface area contributed by atoms with Crippen LogP contribution >= 0.6 is 0 Å². The van der Waals surface area contributed by atoms with Gasteiger partial charge in [-0.25, -0.2) is 9.37 Å². The molecule has 41 heavy (non-hydrogen) atoms. The van der Waals surface area contributed by atoms with Crippen LogP contribution in [0.1, 0.15) is 43.3 Å². The summed E-state index contributed by atoms with van der Waals surface area (Å²) >= 11 is 0. The first-order valence-electron chi connectivity index (χ1n) is 12.9. The lowest BCUT2D eigenvalue weighted by molar-refractivity contribution is -0.137. The van der Waals surface area contributed by atoms with Crippen molar-refractivity contribution in [1.29, 1.82) is 0 Å². The lowest BCUT2D eigenvalue weighted by Crippen LogP contribution is -2.34. The summed E-state index contributed by atoms with van der Waals surface area (Å²) in [6.45, 7) is 4.15. The van der Waals surface area contributed by atoms with Gasteiger partial charge in [0.15, 0.2) is 17.6 Å². The molecule has 2 aromatic carbocycles. The first-order valence-corrected chi connectivity index (χ1v) is 12.9. The molecular formula is C28H26F4N6O3. The Labute approximate surface area is 232 Å². The number of carbonyl (C=O) groups excluding carboxylic acids is 1. The minimum Gasteiger partial charge on any atom is -0.494 e. The van der Waals surface area contributed by atoms with Crippen molar-refractivity contribution < 1.29 is 31.6 Å². The topological polar surface area (TPSA) is 97.5 Å². The van der Waals surface area contributed by atoms with Gasteiger partial charge in [-0.05, 0) is 49.8 Å². The molecule has 9 nitrogen and oxygen atoms in total. The average Bonchev–Trinajstić information content (AvgIpc) is 3.60. The number of amides is 1. The summed E-state index contributed by atoms with van der Waals surface area (Å²) < 4.78 is 68.6. The molecule has 1 aliphatic rings. The number of aromatic nitrogens is 3. The molecule has 1 unspecified atom stereocenters. The number of hydrogen-bond acceptors (Lipinski definition) is 7. The maximum Gasteiger partial charge on any atom is 0.417 e. The van der Waals surface area contributed by atoms with Gasteiger partial charge in [-0.1, -0.05) is 24.2 Å². The lowest BCUT2D eigenvalue weighted by atomic mass is 10.0. The van der Waals surface area contributed by atoms with Gasteiger partial charge in [0.05, 0.1) is 29.9 Å². The van der Waals surface area contributed by atoms with E-state index in [-0.39, 0.29) is 35.1 Å². The lowest BCUT2D eigenvalue weighted by Gasteiger charge is -2.26. The molecule has 1 amide bonds. The van der Waals surface area contributed by atoms with E-state index in [4.69, 9.17) is 9.26 Å². The summed E-state index contributed by atoms with van der Waals surface area (Å²) in [4.78, 5) is 17.6. The van der Waals surface area contributed by atoms with E-state index in [1.54, 1.807) is 37.4 Å². The van der Waals surface area contributed by atoms with Crippen molar-refractivity contribution in [3.63, 3.8) is 0 Å². The van der Waals surface area contributed by atoms with E-state index in [1.807, 2.05) is 6.92 Å². The fraction of sp³-hybridized carbons (Fsp3) is 0.250. The number of nitrogens with zero attached hydrogens (tertiary/aromatic N) is 4. The number of hydrazine groups is 1. The minimum absolute atomic E-state index is 0.00415. The van der Waals surface area contributed by atoms with Crippen LogP contribution in [0.3, 0.4) is 0 Å². The Hall–Kier alpha value is -4.81. The molecule has 0 fully saturated rings. The summed E-state index contributed by atoms with van der Waals surface area (Å²) in [5.74, 6) is -0.535. The van der Waals surface area contributed by atoms with Crippen molar-refractivity contribution in [2.24, 2.45) is 0 Å². The number of nitrogens with one attached hydrogen (secondary N) is 2. The number of benzene rings is 2. The summed E-state index contributed by atoms with van der Waals surface area (Å²) in [5.41, 5.74) is 2.44. The van der Waals surface area contributed by atoms with E-state index < -0.39 is 29.5 Å². The van der Waals surface area contributed by atoms with Crippen molar-refractivity contribution in [2.75, 3.05) is 23.6 Å². The molecule has 2 aromatic heterocycles.